The summed E-state index contributed by atoms with van der Waals surface area (Å²) in [6.45, 7) is 4.66. The number of aromatic nitrogens is 3. The Balaban J connectivity index is 1.79. The number of ether oxygens (including phenoxy) is 1. The number of carboxylic acids is 1. The molecule has 3 aromatic rings. The Labute approximate surface area is 215 Å². The summed E-state index contributed by atoms with van der Waals surface area (Å²) in [5.74, 6) is -2.44. The fourth-order valence-electron chi connectivity index (χ4n) is 3.84. The number of carbonyl (C=O) groups is 3. The van der Waals surface area contributed by atoms with Gasteiger partial charge in [0.15, 0.2) is 0 Å². The zero-order valence-corrected chi connectivity index (χ0v) is 21.2. The van der Waals surface area contributed by atoms with Crippen molar-refractivity contribution in [3.63, 3.8) is 0 Å². The van der Waals surface area contributed by atoms with Crippen LogP contribution in [0, 0.1) is 11.3 Å². The molecule has 0 saturated carbocycles. The molecule has 1 unspecified atom stereocenters. The molecule has 5 N–H and O–H groups in total. The summed E-state index contributed by atoms with van der Waals surface area (Å²) in [7, 11) is 0. The van der Waals surface area contributed by atoms with Gasteiger partial charge in [0.2, 0.25) is 0 Å². The van der Waals surface area contributed by atoms with Crippen LogP contribution in [0.3, 0.4) is 0 Å². The number of hydrogen-bond donors (Lipinski definition) is 4. The monoisotopic (exact) mass is 507 g/mol. The first-order chi connectivity index (χ1) is 17.6. The van der Waals surface area contributed by atoms with Crippen molar-refractivity contribution in [3.8, 4) is 11.1 Å². The van der Waals surface area contributed by atoms with Gasteiger partial charge in [0.1, 0.15) is 23.8 Å². The highest BCUT2D eigenvalue weighted by molar-refractivity contribution is 5.92. The van der Waals surface area contributed by atoms with Crippen molar-refractivity contribution >= 4 is 17.8 Å². The molecular formula is C27H33N5O5. The SMILES string of the molecule is CC(C)C(N)C(=O)OC[C@](C)(C[C@@H](Cc1ccc(-c2ccccc2)cc1)NC(=O)c1cnn[nH]1)C(=O)O. The van der Waals surface area contributed by atoms with E-state index in [1.165, 1.54) is 13.1 Å². The van der Waals surface area contributed by atoms with Gasteiger partial charge in [-0.05, 0) is 42.4 Å². The van der Waals surface area contributed by atoms with Gasteiger partial charge >= 0.3 is 11.9 Å². The Kier molecular flexibility index (Phi) is 9.13. The molecule has 0 spiro atoms. The molecule has 0 aliphatic carbocycles. The van der Waals surface area contributed by atoms with E-state index in [4.69, 9.17) is 10.5 Å². The van der Waals surface area contributed by atoms with Crippen LogP contribution in [0.5, 0.6) is 0 Å². The number of carbonyl (C=O) groups excluding carboxylic acids is 2. The number of amides is 1. The van der Waals surface area contributed by atoms with E-state index in [9.17, 15) is 19.5 Å². The number of H-pyrrole nitrogens is 1. The molecule has 3 atom stereocenters. The first-order valence-corrected chi connectivity index (χ1v) is 12.1. The third-order valence-corrected chi connectivity index (χ3v) is 6.27. The summed E-state index contributed by atoms with van der Waals surface area (Å²) in [4.78, 5) is 37.3. The van der Waals surface area contributed by atoms with Crippen molar-refractivity contribution in [1.82, 2.24) is 20.7 Å². The third kappa shape index (κ3) is 7.47. The van der Waals surface area contributed by atoms with Crippen LogP contribution in [-0.2, 0) is 20.7 Å². The lowest BCUT2D eigenvalue weighted by Crippen LogP contribution is -2.46. The smallest absolute Gasteiger partial charge is 0.323 e. The van der Waals surface area contributed by atoms with Gasteiger partial charge in [-0.15, -0.1) is 5.10 Å². The molecule has 0 aliphatic heterocycles. The first kappa shape index (κ1) is 27.5. The van der Waals surface area contributed by atoms with Gasteiger partial charge in [-0.1, -0.05) is 73.7 Å². The molecule has 0 radical (unpaired) electrons. The van der Waals surface area contributed by atoms with Crippen LogP contribution in [-0.4, -0.2) is 57.1 Å². The molecular weight excluding hydrogens is 474 g/mol. The van der Waals surface area contributed by atoms with Crippen molar-refractivity contribution in [2.45, 2.75) is 45.7 Å². The molecule has 1 heterocycles. The average Bonchev–Trinajstić information content (AvgIpc) is 3.43. The van der Waals surface area contributed by atoms with Crippen molar-refractivity contribution in [3.05, 3.63) is 72.1 Å². The van der Waals surface area contributed by atoms with E-state index in [1.54, 1.807) is 13.8 Å². The van der Waals surface area contributed by atoms with Crippen LogP contribution in [0.1, 0.15) is 43.2 Å². The van der Waals surface area contributed by atoms with E-state index in [-0.39, 0.29) is 24.6 Å². The van der Waals surface area contributed by atoms with E-state index < -0.39 is 35.3 Å². The van der Waals surface area contributed by atoms with Crippen LogP contribution >= 0.6 is 0 Å². The molecule has 1 amide bonds. The number of rotatable bonds is 12. The van der Waals surface area contributed by atoms with Crippen LogP contribution < -0.4 is 11.1 Å². The van der Waals surface area contributed by atoms with E-state index >= 15 is 0 Å². The highest BCUT2D eigenvalue weighted by Crippen LogP contribution is 2.27. The molecule has 1 aromatic heterocycles. The van der Waals surface area contributed by atoms with Gasteiger partial charge in [-0.25, -0.2) is 0 Å². The third-order valence-electron chi connectivity index (χ3n) is 6.27. The topological polar surface area (TPSA) is 160 Å². The normalized spacial score (nSPS) is 14.4. The number of nitrogens with two attached hydrogens (primary N) is 1. The predicted molar refractivity (Wildman–Crippen MR) is 137 cm³/mol. The minimum absolute atomic E-state index is 0.000270. The van der Waals surface area contributed by atoms with Crippen LogP contribution in [0.2, 0.25) is 0 Å². The molecule has 0 fully saturated rings. The standard InChI is InChI=1S/C27H33N5O5/c1-17(2)23(28)25(34)37-16-27(3,26(35)36)14-21(30-24(33)22-15-29-32-31-22)13-18-9-11-20(12-10-18)19-7-5-4-6-8-19/h4-12,15,17,21,23H,13-14,16,28H2,1-3H3,(H,30,33)(H,35,36)(H,29,31,32)/t21-,23?,27+/m1/s1. The Morgan fingerprint density at radius 1 is 1.08 bits per heavy atom. The van der Waals surface area contributed by atoms with Gasteiger partial charge in [0, 0.05) is 6.04 Å². The lowest BCUT2D eigenvalue weighted by atomic mass is 9.82. The van der Waals surface area contributed by atoms with Crippen molar-refractivity contribution in [2.75, 3.05) is 6.61 Å². The second-order valence-electron chi connectivity index (χ2n) is 9.75. The van der Waals surface area contributed by atoms with Crippen molar-refractivity contribution in [2.24, 2.45) is 17.1 Å². The summed E-state index contributed by atoms with van der Waals surface area (Å²) < 4.78 is 5.30. The predicted octanol–water partition coefficient (Wildman–Crippen LogP) is 2.82. The van der Waals surface area contributed by atoms with Gasteiger partial charge < -0.3 is 20.9 Å². The Bertz CT molecular complexity index is 1180. The largest absolute Gasteiger partial charge is 0.481 e. The fraction of sp³-hybridized carbons (Fsp3) is 0.370. The number of carboxylic acid groups (broad SMARTS) is 1. The van der Waals surface area contributed by atoms with E-state index in [0.717, 1.165) is 16.7 Å². The van der Waals surface area contributed by atoms with Crippen molar-refractivity contribution < 1.29 is 24.2 Å². The van der Waals surface area contributed by atoms with Crippen LogP contribution in [0.15, 0.2) is 60.8 Å². The summed E-state index contributed by atoms with van der Waals surface area (Å²) in [5, 5.41) is 22.6. The second kappa shape index (κ2) is 12.3. The van der Waals surface area contributed by atoms with E-state index in [2.05, 4.69) is 20.7 Å². The molecule has 0 bridgehead atoms. The Morgan fingerprint density at radius 3 is 2.30 bits per heavy atom. The van der Waals surface area contributed by atoms with E-state index in [0.29, 0.717) is 6.42 Å². The minimum Gasteiger partial charge on any atom is -0.481 e. The highest BCUT2D eigenvalue weighted by atomic mass is 16.5. The van der Waals surface area contributed by atoms with Gasteiger partial charge in [-0.2, -0.15) is 0 Å². The first-order valence-electron chi connectivity index (χ1n) is 12.1. The van der Waals surface area contributed by atoms with Gasteiger partial charge in [0.25, 0.3) is 5.91 Å². The number of aliphatic carboxylic acids is 1. The molecule has 0 saturated heterocycles. The van der Waals surface area contributed by atoms with Crippen LogP contribution in [0.4, 0.5) is 0 Å². The number of nitrogens with zero attached hydrogens (tertiary/aromatic N) is 2. The Morgan fingerprint density at radius 2 is 1.73 bits per heavy atom. The molecule has 3 rings (SSSR count). The maximum Gasteiger partial charge on any atom is 0.323 e. The molecule has 0 aliphatic rings. The lowest BCUT2D eigenvalue weighted by molar-refractivity contribution is -0.160. The summed E-state index contributed by atoms with van der Waals surface area (Å²) in [6, 6.07) is 16.3. The number of hydrogen-bond acceptors (Lipinski definition) is 7. The minimum atomic E-state index is -1.47. The zero-order chi connectivity index (χ0) is 27.0. The second-order valence-corrected chi connectivity index (χ2v) is 9.75. The number of nitrogens with one attached hydrogen (secondary N) is 2. The van der Waals surface area contributed by atoms with E-state index in [1.807, 2.05) is 54.6 Å². The number of aromatic amines is 1. The number of esters is 1. The maximum absolute atomic E-state index is 12.8. The summed E-state index contributed by atoms with van der Waals surface area (Å²) >= 11 is 0. The highest BCUT2D eigenvalue weighted by Gasteiger charge is 2.39. The molecule has 10 nitrogen and oxygen atoms in total. The van der Waals surface area contributed by atoms with Gasteiger partial charge in [0.05, 0.1) is 6.20 Å². The lowest BCUT2D eigenvalue weighted by Gasteiger charge is -2.30. The fourth-order valence-corrected chi connectivity index (χ4v) is 3.84. The molecule has 2 aromatic carbocycles. The maximum atomic E-state index is 12.8. The zero-order valence-electron chi connectivity index (χ0n) is 21.2. The molecule has 10 heteroatoms. The molecule has 196 valence electrons. The van der Waals surface area contributed by atoms with Crippen molar-refractivity contribution in [1.29, 1.82) is 0 Å². The van der Waals surface area contributed by atoms with Crippen LogP contribution in [0.25, 0.3) is 11.1 Å². The summed E-state index contributed by atoms with van der Waals surface area (Å²) in [6.07, 6.45) is 1.64. The quantitative estimate of drug-likeness (QED) is 0.272. The summed E-state index contributed by atoms with van der Waals surface area (Å²) in [5.41, 5.74) is 7.54. The average molecular weight is 508 g/mol. The molecule has 37 heavy (non-hydrogen) atoms. The van der Waals surface area contributed by atoms with Gasteiger partial charge in [-0.3, -0.25) is 19.5 Å². The number of benzene rings is 2. The Hall–Kier alpha value is -4.05.